The molecule has 0 bridgehead atoms. The molecule has 336 valence electrons. The van der Waals surface area contributed by atoms with Gasteiger partial charge in [0.25, 0.3) is 0 Å². The summed E-state index contributed by atoms with van der Waals surface area (Å²) in [5.41, 5.74) is 6.57. The minimum Gasteiger partial charge on any atom is -0.478 e. The highest BCUT2D eigenvalue weighted by Crippen LogP contribution is 2.29. The minimum atomic E-state index is -0.940. The smallest absolute Gasteiger partial charge is 0.336 e. The number of carboxylic acid groups (broad SMARTS) is 2. The molecule has 0 spiro atoms. The first kappa shape index (κ1) is 45.9. The summed E-state index contributed by atoms with van der Waals surface area (Å²) in [5.74, 6) is -1.61. The number of aromatic nitrogens is 2. The van der Waals surface area contributed by atoms with Gasteiger partial charge in [-0.3, -0.25) is 0 Å². The molecule has 6 aromatic rings. The van der Waals surface area contributed by atoms with E-state index in [9.17, 15) is 28.6 Å². The van der Waals surface area contributed by atoms with Crippen LogP contribution in [-0.2, 0) is 45.4 Å². The zero-order chi connectivity index (χ0) is 45.0. The van der Waals surface area contributed by atoms with Crippen molar-refractivity contribution in [1.29, 1.82) is 0 Å². The van der Waals surface area contributed by atoms with Crippen molar-refractivity contribution in [3.05, 3.63) is 154 Å². The molecule has 14 heteroatoms. The Bertz CT molecular complexity index is 2470. The van der Waals surface area contributed by atoms with Gasteiger partial charge in [0.15, 0.2) is 0 Å². The maximum absolute atomic E-state index is 13.1. The molecule has 0 radical (unpaired) electrons. The van der Waals surface area contributed by atoms with Gasteiger partial charge in [-0.2, -0.15) is 0 Å². The van der Waals surface area contributed by atoms with Gasteiger partial charge in [0.1, 0.15) is 35.5 Å². The molecular weight excluding hydrogens is 827 g/mol. The van der Waals surface area contributed by atoms with Crippen molar-refractivity contribution in [3.8, 4) is 22.9 Å². The Kier molecular flexibility index (Phi) is 15.8. The van der Waals surface area contributed by atoms with E-state index >= 15 is 0 Å². The average Bonchev–Trinajstić information content (AvgIpc) is 3.98. The van der Waals surface area contributed by atoms with Gasteiger partial charge in [0.2, 0.25) is 11.8 Å². The van der Waals surface area contributed by atoms with E-state index in [0.29, 0.717) is 65.2 Å². The predicted octanol–water partition coefficient (Wildman–Crippen LogP) is 11.1. The number of halogens is 2. The molecule has 2 saturated carbocycles. The Labute approximate surface area is 370 Å². The second-order valence-electron chi connectivity index (χ2n) is 16.3. The largest absolute Gasteiger partial charge is 0.478 e. The standard InChI is InChI=1S/2C25H26FNO5/c1-16-5-6-17(11-23(16)25(28)29)13-30-21-3-2-4-22(12-21)31-14-20-15-32-24(27-20)18-7-9-19(26)10-8-18;1-16-5-6-18(23(11-16)25(28)29)13-30-21-3-2-4-22(12-21)31-14-20-15-32-24(27-20)17-7-9-19(26)10-8-17/h2*5-11,15,21-22H,2-4,12-14H2,1H3,(H,28,29)/t2*21-,22+/m11/s1. The van der Waals surface area contributed by atoms with Gasteiger partial charge >= 0.3 is 11.9 Å². The van der Waals surface area contributed by atoms with Gasteiger partial charge in [0, 0.05) is 11.1 Å². The molecule has 2 N–H and O–H groups in total. The van der Waals surface area contributed by atoms with Crippen LogP contribution < -0.4 is 0 Å². The quantitative estimate of drug-likeness (QED) is 0.0947. The van der Waals surface area contributed by atoms with Crippen molar-refractivity contribution in [1.82, 2.24) is 9.97 Å². The first-order valence-corrected chi connectivity index (χ1v) is 21.5. The van der Waals surface area contributed by atoms with Crippen molar-refractivity contribution in [2.45, 2.75) is 116 Å². The molecule has 2 aliphatic rings. The second kappa shape index (κ2) is 22.0. The predicted molar refractivity (Wildman–Crippen MR) is 231 cm³/mol. The Morgan fingerprint density at radius 3 is 1.55 bits per heavy atom. The number of ether oxygens (including phenoxy) is 4. The van der Waals surface area contributed by atoms with Crippen molar-refractivity contribution in [3.63, 3.8) is 0 Å². The summed E-state index contributed by atoms with van der Waals surface area (Å²) in [6, 6.07) is 22.8. The zero-order valence-electron chi connectivity index (χ0n) is 35.8. The third-order valence-electron chi connectivity index (χ3n) is 11.4. The number of aromatic carboxylic acids is 2. The summed E-state index contributed by atoms with van der Waals surface area (Å²) in [7, 11) is 0. The highest BCUT2D eigenvalue weighted by Gasteiger charge is 2.26. The lowest BCUT2D eigenvalue weighted by molar-refractivity contribution is -0.0564. The molecule has 0 amide bonds. The number of benzene rings is 4. The first-order chi connectivity index (χ1) is 30.9. The normalized spacial score (nSPS) is 18.6. The van der Waals surface area contributed by atoms with Crippen LogP contribution >= 0.6 is 0 Å². The second-order valence-corrected chi connectivity index (χ2v) is 16.3. The molecule has 2 aliphatic carbocycles. The van der Waals surface area contributed by atoms with E-state index in [1.807, 2.05) is 31.2 Å². The fourth-order valence-electron chi connectivity index (χ4n) is 7.84. The summed E-state index contributed by atoms with van der Waals surface area (Å²) < 4.78 is 61.3. The zero-order valence-corrected chi connectivity index (χ0v) is 35.8. The maximum atomic E-state index is 13.1. The summed E-state index contributed by atoms with van der Waals surface area (Å²) in [4.78, 5) is 31.7. The Hall–Kier alpha value is -6.06. The van der Waals surface area contributed by atoms with Crippen LogP contribution in [0.25, 0.3) is 22.9 Å². The third kappa shape index (κ3) is 13.0. The fraction of sp³-hybridized carbons (Fsp3) is 0.360. The molecule has 0 saturated heterocycles. The molecule has 64 heavy (non-hydrogen) atoms. The number of oxazole rings is 2. The number of aryl methyl sites for hydroxylation is 2. The van der Waals surface area contributed by atoms with Crippen LogP contribution in [0, 0.1) is 25.5 Å². The SMILES string of the molecule is Cc1ccc(CO[C@@H]2CCC[C@H](OCc3coc(-c4ccc(F)cc4)n3)C2)c(C(=O)O)c1.Cc1ccc(CO[C@@H]2CCC[C@H](OCc3coc(-c4ccc(F)cc4)n3)C2)cc1C(=O)O. The fourth-order valence-corrected chi connectivity index (χ4v) is 7.84. The highest BCUT2D eigenvalue weighted by molar-refractivity contribution is 5.90. The monoisotopic (exact) mass is 878 g/mol. The van der Waals surface area contributed by atoms with E-state index in [2.05, 4.69) is 9.97 Å². The van der Waals surface area contributed by atoms with E-state index in [-0.39, 0.29) is 48.2 Å². The first-order valence-electron chi connectivity index (χ1n) is 21.5. The number of hydrogen-bond acceptors (Lipinski definition) is 10. The maximum Gasteiger partial charge on any atom is 0.336 e. The number of hydrogen-bond donors (Lipinski definition) is 2. The van der Waals surface area contributed by atoms with Crippen molar-refractivity contribution in [2.24, 2.45) is 0 Å². The van der Waals surface area contributed by atoms with Crippen molar-refractivity contribution >= 4 is 11.9 Å². The lowest BCUT2D eigenvalue weighted by Gasteiger charge is -2.29. The summed E-state index contributed by atoms with van der Waals surface area (Å²) in [6.45, 7) is 4.96. The van der Waals surface area contributed by atoms with Gasteiger partial charge in [-0.05, 0) is 143 Å². The van der Waals surface area contributed by atoms with E-state index in [0.717, 1.165) is 68.1 Å². The molecule has 2 aromatic heterocycles. The Balaban J connectivity index is 0.000000191. The summed E-state index contributed by atoms with van der Waals surface area (Å²) >= 11 is 0. The van der Waals surface area contributed by atoms with Crippen molar-refractivity contribution < 1.29 is 56.4 Å². The minimum absolute atomic E-state index is 0.0174. The van der Waals surface area contributed by atoms with Crippen LogP contribution in [0.1, 0.15) is 106 Å². The summed E-state index contributed by atoms with van der Waals surface area (Å²) in [6.07, 6.45) is 10.6. The van der Waals surface area contributed by atoms with Gasteiger partial charge in [-0.15, -0.1) is 0 Å². The van der Waals surface area contributed by atoms with E-state index < -0.39 is 11.9 Å². The molecule has 0 unspecified atom stereocenters. The average molecular weight is 879 g/mol. The Morgan fingerprint density at radius 1 is 0.594 bits per heavy atom. The Morgan fingerprint density at radius 2 is 1.06 bits per heavy atom. The molecule has 2 fully saturated rings. The molecule has 12 nitrogen and oxygen atoms in total. The third-order valence-corrected chi connectivity index (χ3v) is 11.4. The van der Waals surface area contributed by atoms with Gasteiger partial charge < -0.3 is 38.0 Å². The van der Waals surface area contributed by atoms with Gasteiger partial charge in [0.05, 0.1) is 62.0 Å². The topological polar surface area (TPSA) is 164 Å². The molecular formula is C50H52F2N2O10. The van der Waals surface area contributed by atoms with E-state index in [1.165, 1.54) is 24.3 Å². The molecule has 4 atom stereocenters. The van der Waals surface area contributed by atoms with Crippen LogP contribution in [-0.4, -0.2) is 56.5 Å². The summed E-state index contributed by atoms with van der Waals surface area (Å²) in [5, 5.41) is 18.7. The van der Waals surface area contributed by atoms with E-state index in [1.54, 1.807) is 55.8 Å². The lowest BCUT2D eigenvalue weighted by Crippen LogP contribution is -2.28. The lowest BCUT2D eigenvalue weighted by atomic mass is 9.94. The van der Waals surface area contributed by atoms with Gasteiger partial charge in [-0.1, -0.05) is 29.8 Å². The molecule has 2 heterocycles. The molecule has 0 aliphatic heterocycles. The van der Waals surface area contributed by atoms with Crippen LogP contribution in [0.3, 0.4) is 0 Å². The molecule has 8 rings (SSSR count). The van der Waals surface area contributed by atoms with Crippen molar-refractivity contribution in [2.75, 3.05) is 0 Å². The van der Waals surface area contributed by atoms with Crippen LogP contribution in [0.5, 0.6) is 0 Å². The highest BCUT2D eigenvalue weighted by atomic mass is 19.1. The van der Waals surface area contributed by atoms with Crippen LogP contribution in [0.15, 0.2) is 106 Å². The van der Waals surface area contributed by atoms with E-state index in [4.69, 9.17) is 27.8 Å². The number of rotatable bonds is 16. The van der Waals surface area contributed by atoms with Gasteiger partial charge in [-0.25, -0.2) is 28.3 Å². The van der Waals surface area contributed by atoms with Crippen LogP contribution in [0.4, 0.5) is 8.78 Å². The number of carboxylic acids is 2. The number of nitrogens with zero attached hydrogens (tertiary/aromatic N) is 2. The van der Waals surface area contributed by atoms with Crippen LogP contribution in [0.2, 0.25) is 0 Å². The molecule has 4 aromatic carbocycles. The number of carbonyl (C=O) groups is 2.